The molecule has 2 aromatic carbocycles. The Labute approximate surface area is 154 Å². The van der Waals surface area contributed by atoms with Crippen LogP contribution in [0, 0.1) is 11.6 Å². The summed E-state index contributed by atoms with van der Waals surface area (Å²) >= 11 is 0. The number of halogens is 2. The number of ether oxygens (including phenoxy) is 1. The first kappa shape index (κ1) is 18.5. The molecule has 0 radical (unpaired) electrons. The maximum atomic E-state index is 13.3. The van der Waals surface area contributed by atoms with Gasteiger partial charge in [0.25, 0.3) is 0 Å². The van der Waals surface area contributed by atoms with Crippen molar-refractivity contribution in [3.05, 3.63) is 82.0 Å². The van der Waals surface area contributed by atoms with Gasteiger partial charge >= 0.3 is 5.97 Å². The van der Waals surface area contributed by atoms with E-state index in [0.717, 1.165) is 0 Å². The summed E-state index contributed by atoms with van der Waals surface area (Å²) in [6, 6.07) is 12.5. The summed E-state index contributed by atoms with van der Waals surface area (Å²) in [6.07, 6.45) is 0. The van der Waals surface area contributed by atoms with Crippen molar-refractivity contribution in [3.63, 3.8) is 0 Å². The van der Waals surface area contributed by atoms with Crippen molar-refractivity contribution in [3.8, 4) is 22.5 Å². The molecular formula is C21H17F2NO3. The lowest BCUT2D eigenvalue weighted by molar-refractivity contribution is 0.0525. The van der Waals surface area contributed by atoms with Crippen LogP contribution < -0.4 is 5.43 Å². The molecule has 0 spiro atoms. The standard InChI is InChI=1S/C21H17F2NO3/c1-3-27-21(26)19-18(25)12-17(13-4-8-15(22)9-5-13)24(2)20(19)14-6-10-16(23)11-7-14/h4-12H,3H2,1-2H3. The zero-order chi connectivity index (χ0) is 19.6. The fourth-order valence-corrected chi connectivity index (χ4v) is 2.94. The van der Waals surface area contributed by atoms with E-state index >= 15 is 0 Å². The van der Waals surface area contributed by atoms with Crippen LogP contribution in [0.5, 0.6) is 0 Å². The van der Waals surface area contributed by atoms with E-state index in [9.17, 15) is 18.4 Å². The molecule has 27 heavy (non-hydrogen) atoms. The molecule has 0 unspecified atom stereocenters. The lowest BCUT2D eigenvalue weighted by Crippen LogP contribution is -2.23. The van der Waals surface area contributed by atoms with Gasteiger partial charge in [0.2, 0.25) is 0 Å². The zero-order valence-corrected chi connectivity index (χ0v) is 14.8. The number of benzene rings is 2. The van der Waals surface area contributed by atoms with Crippen molar-refractivity contribution in [2.24, 2.45) is 7.05 Å². The van der Waals surface area contributed by atoms with Crippen LogP contribution in [-0.2, 0) is 11.8 Å². The fourth-order valence-electron chi connectivity index (χ4n) is 2.94. The van der Waals surface area contributed by atoms with Gasteiger partial charge in [0.1, 0.15) is 17.2 Å². The van der Waals surface area contributed by atoms with Crippen molar-refractivity contribution in [1.82, 2.24) is 4.57 Å². The average Bonchev–Trinajstić information content (AvgIpc) is 2.65. The maximum Gasteiger partial charge on any atom is 0.344 e. The highest BCUT2D eigenvalue weighted by Gasteiger charge is 2.23. The van der Waals surface area contributed by atoms with E-state index in [0.29, 0.717) is 22.5 Å². The number of carbonyl (C=O) groups excluding carboxylic acids is 1. The monoisotopic (exact) mass is 369 g/mol. The van der Waals surface area contributed by atoms with E-state index in [-0.39, 0.29) is 12.2 Å². The third-order valence-corrected chi connectivity index (χ3v) is 4.18. The van der Waals surface area contributed by atoms with Crippen LogP contribution >= 0.6 is 0 Å². The highest BCUT2D eigenvalue weighted by molar-refractivity contribution is 5.97. The topological polar surface area (TPSA) is 48.3 Å². The van der Waals surface area contributed by atoms with Gasteiger partial charge in [-0.1, -0.05) is 0 Å². The van der Waals surface area contributed by atoms with E-state index in [2.05, 4.69) is 0 Å². The van der Waals surface area contributed by atoms with Crippen molar-refractivity contribution < 1.29 is 18.3 Å². The summed E-state index contributed by atoms with van der Waals surface area (Å²) in [5.74, 6) is -1.58. The maximum absolute atomic E-state index is 13.3. The second-order valence-electron chi connectivity index (χ2n) is 5.91. The van der Waals surface area contributed by atoms with Crippen molar-refractivity contribution in [2.45, 2.75) is 6.92 Å². The van der Waals surface area contributed by atoms with Gasteiger partial charge in [-0.05, 0) is 66.6 Å². The van der Waals surface area contributed by atoms with Crippen LogP contribution in [0.3, 0.4) is 0 Å². The Morgan fingerprint density at radius 1 is 0.963 bits per heavy atom. The molecule has 0 aliphatic carbocycles. The van der Waals surface area contributed by atoms with Gasteiger partial charge in [0.05, 0.1) is 18.0 Å². The Kier molecular flexibility index (Phi) is 5.16. The molecule has 0 bridgehead atoms. The number of hydrogen-bond donors (Lipinski definition) is 0. The number of hydrogen-bond acceptors (Lipinski definition) is 3. The Balaban J connectivity index is 2.31. The summed E-state index contributed by atoms with van der Waals surface area (Å²) in [6.45, 7) is 1.76. The summed E-state index contributed by atoms with van der Waals surface area (Å²) in [5, 5.41) is 0. The lowest BCUT2D eigenvalue weighted by Gasteiger charge is -2.18. The Bertz CT molecular complexity index is 1040. The van der Waals surface area contributed by atoms with Crippen LogP contribution in [0.1, 0.15) is 17.3 Å². The predicted molar refractivity (Wildman–Crippen MR) is 98.4 cm³/mol. The molecule has 0 saturated heterocycles. The quantitative estimate of drug-likeness (QED) is 0.649. The van der Waals surface area contributed by atoms with Gasteiger partial charge in [-0.15, -0.1) is 0 Å². The van der Waals surface area contributed by atoms with Gasteiger partial charge in [-0.25, -0.2) is 13.6 Å². The van der Waals surface area contributed by atoms with Crippen LogP contribution in [-0.4, -0.2) is 17.1 Å². The number of pyridine rings is 1. The molecule has 4 nitrogen and oxygen atoms in total. The van der Waals surface area contributed by atoms with Crippen molar-refractivity contribution in [1.29, 1.82) is 0 Å². The van der Waals surface area contributed by atoms with Crippen molar-refractivity contribution >= 4 is 5.97 Å². The number of carbonyl (C=O) groups is 1. The van der Waals surface area contributed by atoms with E-state index in [1.54, 1.807) is 30.7 Å². The minimum absolute atomic E-state index is 0.116. The fraction of sp³-hybridized carbons (Fsp3) is 0.143. The Hall–Kier alpha value is -3.28. The largest absolute Gasteiger partial charge is 0.462 e. The molecule has 0 N–H and O–H groups in total. The number of rotatable bonds is 4. The molecule has 0 fully saturated rings. The normalized spacial score (nSPS) is 10.7. The minimum Gasteiger partial charge on any atom is -0.462 e. The molecule has 1 aromatic heterocycles. The number of esters is 1. The second kappa shape index (κ2) is 7.53. The molecule has 0 atom stereocenters. The summed E-state index contributed by atoms with van der Waals surface area (Å²) in [5.41, 5.74) is 1.24. The first-order chi connectivity index (χ1) is 12.9. The summed E-state index contributed by atoms with van der Waals surface area (Å²) in [7, 11) is 1.68. The smallest absolute Gasteiger partial charge is 0.344 e. The SMILES string of the molecule is CCOC(=O)c1c(-c2ccc(F)cc2)n(C)c(-c2ccc(F)cc2)cc1=O. The second-order valence-corrected chi connectivity index (χ2v) is 5.91. The van der Waals surface area contributed by atoms with Crippen LogP contribution in [0.4, 0.5) is 8.78 Å². The van der Waals surface area contributed by atoms with E-state index in [4.69, 9.17) is 4.74 Å². The van der Waals surface area contributed by atoms with Crippen molar-refractivity contribution in [2.75, 3.05) is 6.61 Å². The number of nitrogens with zero attached hydrogens (tertiary/aromatic N) is 1. The Morgan fingerprint density at radius 2 is 1.48 bits per heavy atom. The van der Waals surface area contributed by atoms with Gasteiger partial charge in [0, 0.05) is 13.1 Å². The van der Waals surface area contributed by atoms with E-state index in [1.165, 1.54) is 42.5 Å². The minimum atomic E-state index is -0.747. The van der Waals surface area contributed by atoms with Gasteiger partial charge in [0.15, 0.2) is 5.43 Å². The van der Waals surface area contributed by atoms with Gasteiger partial charge in [-0.2, -0.15) is 0 Å². The Morgan fingerprint density at radius 3 is 2.00 bits per heavy atom. The molecule has 0 aliphatic rings. The molecule has 0 saturated carbocycles. The van der Waals surface area contributed by atoms with Crippen LogP contribution in [0.2, 0.25) is 0 Å². The molecule has 138 valence electrons. The van der Waals surface area contributed by atoms with E-state index < -0.39 is 23.0 Å². The third kappa shape index (κ3) is 3.65. The highest BCUT2D eigenvalue weighted by atomic mass is 19.1. The molecule has 0 amide bonds. The first-order valence-corrected chi connectivity index (χ1v) is 8.35. The van der Waals surface area contributed by atoms with Crippen LogP contribution in [0.25, 0.3) is 22.5 Å². The molecule has 1 heterocycles. The van der Waals surface area contributed by atoms with Gasteiger partial charge < -0.3 is 9.30 Å². The van der Waals surface area contributed by atoms with E-state index in [1.807, 2.05) is 0 Å². The number of aromatic nitrogens is 1. The summed E-state index contributed by atoms with van der Waals surface area (Å²) in [4.78, 5) is 25.2. The first-order valence-electron chi connectivity index (χ1n) is 8.35. The molecule has 3 rings (SSSR count). The molecule has 6 heteroatoms. The molecular weight excluding hydrogens is 352 g/mol. The zero-order valence-electron chi connectivity index (χ0n) is 14.8. The lowest BCUT2D eigenvalue weighted by atomic mass is 10.0. The predicted octanol–water partition coefficient (Wildman–Crippen LogP) is 4.17. The van der Waals surface area contributed by atoms with Crippen LogP contribution in [0.15, 0.2) is 59.4 Å². The highest BCUT2D eigenvalue weighted by Crippen LogP contribution is 2.28. The summed E-state index contributed by atoms with van der Waals surface area (Å²) < 4.78 is 33.3. The van der Waals surface area contributed by atoms with Gasteiger partial charge in [-0.3, -0.25) is 4.79 Å². The third-order valence-electron chi connectivity index (χ3n) is 4.18. The molecule has 0 aliphatic heterocycles. The molecule has 3 aromatic rings. The average molecular weight is 369 g/mol.